The Morgan fingerprint density at radius 2 is 2.27 bits per heavy atom. The maximum atomic E-state index is 12.6. The first-order valence-corrected chi connectivity index (χ1v) is 7.66. The first kappa shape index (κ1) is 14.8. The fraction of sp³-hybridized carbons (Fsp3) is 0.500. The summed E-state index contributed by atoms with van der Waals surface area (Å²) in [6.45, 7) is 3.40. The quantitative estimate of drug-likeness (QED) is 0.907. The van der Waals surface area contributed by atoms with E-state index in [0.29, 0.717) is 11.6 Å². The number of H-pyrrole nitrogens is 1. The van der Waals surface area contributed by atoms with Gasteiger partial charge in [0.2, 0.25) is 0 Å². The zero-order valence-electron chi connectivity index (χ0n) is 13.0. The van der Waals surface area contributed by atoms with Crippen LogP contribution in [0, 0.1) is 12.8 Å². The second kappa shape index (κ2) is 6.36. The lowest BCUT2D eigenvalue weighted by Gasteiger charge is -2.30. The summed E-state index contributed by atoms with van der Waals surface area (Å²) in [7, 11) is 1.96. The third kappa shape index (κ3) is 2.92. The van der Waals surface area contributed by atoms with Crippen LogP contribution in [0.5, 0.6) is 0 Å². The minimum absolute atomic E-state index is 0.0815. The van der Waals surface area contributed by atoms with Gasteiger partial charge in [-0.15, -0.1) is 0 Å². The third-order valence-corrected chi connectivity index (χ3v) is 4.34. The van der Waals surface area contributed by atoms with E-state index >= 15 is 0 Å². The summed E-state index contributed by atoms with van der Waals surface area (Å²) >= 11 is 0. The predicted octanol–water partition coefficient (Wildman–Crippen LogP) is 1.95. The normalized spacial score (nSPS) is 17.4. The van der Waals surface area contributed by atoms with Gasteiger partial charge >= 0.3 is 0 Å². The summed E-state index contributed by atoms with van der Waals surface area (Å²) in [6, 6.07) is 1.80. The second-order valence-electron chi connectivity index (χ2n) is 5.83. The van der Waals surface area contributed by atoms with Crippen molar-refractivity contribution < 1.29 is 9.53 Å². The number of imidazole rings is 1. The molecule has 6 heteroatoms. The smallest absolute Gasteiger partial charge is 0.268 e. The van der Waals surface area contributed by atoms with Gasteiger partial charge in [0.05, 0.1) is 6.04 Å². The number of amides is 1. The Morgan fingerprint density at radius 3 is 2.86 bits per heavy atom. The molecule has 1 amide bonds. The number of nitrogens with one attached hydrogen (secondary N) is 2. The number of nitrogens with zero attached hydrogens (tertiary/aromatic N) is 2. The number of carbonyl (C=O) groups is 1. The molecular formula is C16H22N4O2. The molecule has 0 bridgehead atoms. The molecule has 2 N–H and O–H groups in total. The van der Waals surface area contributed by atoms with Crippen LogP contribution in [0.3, 0.4) is 0 Å². The lowest BCUT2D eigenvalue weighted by atomic mass is 9.91. The van der Waals surface area contributed by atoms with Gasteiger partial charge in [-0.2, -0.15) is 0 Å². The van der Waals surface area contributed by atoms with Gasteiger partial charge in [-0.1, -0.05) is 0 Å². The van der Waals surface area contributed by atoms with E-state index in [-0.39, 0.29) is 11.9 Å². The van der Waals surface area contributed by atoms with Crippen molar-refractivity contribution in [2.45, 2.75) is 25.8 Å². The molecule has 6 nitrogen and oxygen atoms in total. The minimum atomic E-state index is -0.0981. The van der Waals surface area contributed by atoms with E-state index in [1.54, 1.807) is 12.4 Å². The Hall–Kier alpha value is -2.08. The lowest BCUT2D eigenvalue weighted by molar-refractivity contribution is 0.0498. The standard InChI is InChI=1S/C16H22N4O2/c1-11-3-6-17-13(11)16(21)19-14(12-4-9-22-10-5-12)15-18-7-8-20(15)2/h3,6-8,12,14,17H,4-5,9-10H2,1-2H3,(H,19,21). The average Bonchev–Trinajstić information content (AvgIpc) is 3.14. The Balaban J connectivity index is 1.84. The van der Waals surface area contributed by atoms with Crippen molar-refractivity contribution in [1.29, 1.82) is 0 Å². The molecule has 118 valence electrons. The third-order valence-electron chi connectivity index (χ3n) is 4.34. The predicted molar refractivity (Wildman–Crippen MR) is 82.5 cm³/mol. The first-order chi connectivity index (χ1) is 10.7. The molecule has 0 spiro atoms. The van der Waals surface area contributed by atoms with E-state index in [1.807, 2.05) is 30.8 Å². The molecule has 22 heavy (non-hydrogen) atoms. The molecule has 1 saturated heterocycles. The number of aromatic amines is 1. The van der Waals surface area contributed by atoms with E-state index < -0.39 is 0 Å². The van der Waals surface area contributed by atoms with Crippen molar-refractivity contribution in [2.24, 2.45) is 13.0 Å². The summed E-state index contributed by atoms with van der Waals surface area (Å²) in [4.78, 5) is 20.0. The lowest BCUT2D eigenvalue weighted by Crippen LogP contribution is -2.37. The molecule has 1 unspecified atom stereocenters. The Kier molecular flexibility index (Phi) is 4.29. The number of rotatable bonds is 4. The molecule has 0 aromatic carbocycles. The highest BCUT2D eigenvalue weighted by Gasteiger charge is 2.30. The van der Waals surface area contributed by atoms with E-state index in [2.05, 4.69) is 15.3 Å². The van der Waals surface area contributed by atoms with E-state index in [9.17, 15) is 4.79 Å². The maximum Gasteiger partial charge on any atom is 0.268 e. The van der Waals surface area contributed by atoms with Gasteiger partial charge in [0.1, 0.15) is 11.5 Å². The SMILES string of the molecule is Cc1cc[nH]c1C(=O)NC(c1nccn1C)C1CCOCC1. The molecule has 0 aliphatic carbocycles. The Labute approximate surface area is 129 Å². The summed E-state index contributed by atoms with van der Waals surface area (Å²) in [5, 5.41) is 3.16. The zero-order valence-corrected chi connectivity index (χ0v) is 13.0. The molecule has 1 aliphatic heterocycles. The summed E-state index contributed by atoms with van der Waals surface area (Å²) in [5.41, 5.74) is 1.56. The molecule has 0 saturated carbocycles. The van der Waals surface area contributed by atoms with Gasteiger partial charge in [-0.25, -0.2) is 4.98 Å². The van der Waals surface area contributed by atoms with Crippen molar-refractivity contribution in [2.75, 3.05) is 13.2 Å². The number of hydrogen-bond acceptors (Lipinski definition) is 3. The number of aryl methyl sites for hydroxylation is 2. The van der Waals surface area contributed by atoms with Crippen LogP contribution in [0.2, 0.25) is 0 Å². The fourth-order valence-corrected chi connectivity index (χ4v) is 3.02. The molecule has 2 aromatic heterocycles. The Bertz CT molecular complexity index is 640. The minimum Gasteiger partial charge on any atom is -0.381 e. The van der Waals surface area contributed by atoms with Crippen molar-refractivity contribution >= 4 is 5.91 Å². The van der Waals surface area contributed by atoms with E-state index in [0.717, 1.165) is 37.4 Å². The topological polar surface area (TPSA) is 71.9 Å². The maximum absolute atomic E-state index is 12.6. The summed E-state index contributed by atoms with van der Waals surface area (Å²) in [5.74, 6) is 1.15. The Morgan fingerprint density at radius 1 is 1.50 bits per heavy atom. The molecule has 3 rings (SSSR count). The van der Waals surface area contributed by atoms with Crippen LogP contribution in [0.15, 0.2) is 24.7 Å². The van der Waals surface area contributed by atoms with Gasteiger partial charge in [0, 0.05) is 38.9 Å². The van der Waals surface area contributed by atoms with Crippen molar-refractivity contribution in [3.05, 3.63) is 41.7 Å². The monoisotopic (exact) mass is 302 g/mol. The highest BCUT2D eigenvalue weighted by molar-refractivity contribution is 5.94. The molecule has 1 atom stereocenters. The first-order valence-electron chi connectivity index (χ1n) is 7.66. The zero-order chi connectivity index (χ0) is 15.5. The van der Waals surface area contributed by atoms with Crippen LogP contribution in [-0.4, -0.2) is 33.7 Å². The van der Waals surface area contributed by atoms with Gasteiger partial charge in [-0.3, -0.25) is 4.79 Å². The largest absolute Gasteiger partial charge is 0.381 e. The van der Waals surface area contributed by atoms with Crippen molar-refractivity contribution in [3.8, 4) is 0 Å². The van der Waals surface area contributed by atoms with Crippen molar-refractivity contribution in [3.63, 3.8) is 0 Å². The van der Waals surface area contributed by atoms with Crippen LogP contribution in [-0.2, 0) is 11.8 Å². The molecule has 2 aromatic rings. The van der Waals surface area contributed by atoms with Crippen LogP contribution >= 0.6 is 0 Å². The second-order valence-corrected chi connectivity index (χ2v) is 5.83. The van der Waals surface area contributed by atoms with Gasteiger partial charge in [-0.05, 0) is 37.3 Å². The number of ether oxygens (including phenoxy) is 1. The van der Waals surface area contributed by atoms with Gasteiger partial charge in [0.25, 0.3) is 5.91 Å². The summed E-state index contributed by atoms with van der Waals surface area (Å²) < 4.78 is 7.42. The molecule has 0 radical (unpaired) electrons. The number of carbonyl (C=O) groups excluding carboxylic acids is 1. The van der Waals surface area contributed by atoms with Gasteiger partial charge < -0.3 is 19.6 Å². The van der Waals surface area contributed by atoms with Crippen LogP contribution in [0.1, 0.15) is 40.8 Å². The highest BCUT2D eigenvalue weighted by Crippen LogP contribution is 2.29. The molecule has 3 heterocycles. The summed E-state index contributed by atoms with van der Waals surface area (Å²) in [6.07, 6.45) is 7.33. The van der Waals surface area contributed by atoms with E-state index in [4.69, 9.17) is 4.74 Å². The van der Waals surface area contributed by atoms with Crippen LogP contribution in [0.25, 0.3) is 0 Å². The molecular weight excluding hydrogens is 280 g/mol. The molecule has 1 aliphatic rings. The average molecular weight is 302 g/mol. The number of aromatic nitrogens is 3. The molecule has 1 fully saturated rings. The van der Waals surface area contributed by atoms with E-state index in [1.165, 1.54) is 0 Å². The highest BCUT2D eigenvalue weighted by atomic mass is 16.5. The van der Waals surface area contributed by atoms with Crippen molar-refractivity contribution in [1.82, 2.24) is 19.9 Å². The van der Waals surface area contributed by atoms with Crippen LogP contribution in [0.4, 0.5) is 0 Å². The number of hydrogen-bond donors (Lipinski definition) is 2. The van der Waals surface area contributed by atoms with Crippen LogP contribution < -0.4 is 5.32 Å². The van der Waals surface area contributed by atoms with Gasteiger partial charge in [0.15, 0.2) is 0 Å². The fourth-order valence-electron chi connectivity index (χ4n) is 3.02.